The summed E-state index contributed by atoms with van der Waals surface area (Å²) in [6, 6.07) is 14.9. The summed E-state index contributed by atoms with van der Waals surface area (Å²) in [5.41, 5.74) is 3.52. The number of nitrogens with zero attached hydrogens (tertiary/aromatic N) is 2. The Morgan fingerprint density at radius 2 is 1.83 bits per heavy atom. The zero-order valence-electron chi connectivity index (χ0n) is 20.8. The summed E-state index contributed by atoms with van der Waals surface area (Å²) in [6.45, 7) is 3.17. The molecule has 1 N–H and O–H groups in total. The number of carboxylic acids is 1. The van der Waals surface area contributed by atoms with Crippen LogP contribution in [0, 0.1) is 17.7 Å². The van der Waals surface area contributed by atoms with E-state index in [1.54, 1.807) is 24.9 Å². The van der Waals surface area contributed by atoms with Crippen LogP contribution in [0.2, 0.25) is 0 Å². The van der Waals surface area contributed by atoms with Crippen LogP contribution in [0.25, 0.3) is 22.4 Å². The van der Waals surface area contributed by atoms with Gasteiger partial charge < -0.3 is 14.6 Å². The quantitative estimate of drug-likeness (QED) is 0.300. The van der Waals surface area contributed by atoms with Gasteiger partial charge in [-0.2, -0.15) is 5.10 Å². The number of methoxy groups -OCH3 is 1. The summed E-state index contributed by atoms with van der Waals surface area (Å²) in [7, 11) is 1.55. The Hall–Kier alpha value is -2.84. The first-order valence-corrected chi connectivity index (χ1v) is 13.4. The average Bonchev–Trinajstić information content (AvgIpc) is 3.23. The highest BCUT2D eigenvalue weighted by Crippen LogP contribution is 2.42. The van der Waals surface area contributed by atoms with Crippen LogP contribution in [0.4, 0.5) is 4.39 Å². The predicted octanol–water partition coefficient (Wildman–Crippen LogP) is 6.38. The van der Waals surface area contributed by atoms with E-state index in [0.29, 0.717) is 24.2 Å². The molecule has 0 atom stereocenters. The van der Waals surface area contributed by atoms with Gasteiger partial charge in [-0.15, -0.1) is 11.8 Å². The van der Waals surface area contributed by atoms with Crippen LogP contribution < -0.4 is 4.74 Å². The molecule has 8 heteroatoms. The van der Waals surface area contributed by atoms with Gasteiger partial charge >= 0.3 is 5.97 Å². The maximum Gasteiger partial charge on any atom is 0.329 e. The van der Waals surface area contributed by atoms with Crippen LogP contribution in [-0.4, -0.2) is 46.9 Å². The van der Waals surface area contributed by atoms with Gasteiger partial charge in [0.15, 0.2) is 0 Å². The molecule has 1 heterocycles. The third-order valence-corrected chi connectivity index (χ3v) is 7.58. The molecule has 3 aromatic rings. The lowest BCUT2D eigenvalue weighted by Crippen LogP contribution is -2.23. The van der Waals surface area contributed by atoms with Crippen molar-refractivity contribution >= 4 is 17.7 Å². The molecule has 36 heavy (non-hydrogen) atoms. The third kappa shape index (κ3) is 6.48. The lowest BCUT2D eigenvalue weighted by molar-refractivity contribution is -0.142. The second kappa shape index (κ2) is 12.4. The number of benzene rings is 2. The van der Waals surface area contributed by atoms with Crippen LogP contribution >= 0.6 is 11.8 Å². The standard InChI is InChI=1S/C28H33FN2O4S/c1-3-36-28-26(22-13-23(29)15-24(14-22)34-2)27(21-7-5-4-6-8-21)30-31(28)16-19-9-11-20(12-10-19)17-35-18-25(32)33/h4-8,13-15,19-20H,3,9-12,16-18H2,1-2H3,(H,32,33). The van der Waals surface area contributed by atoms with E-state index < -0.39 is 5.97 Å². The van der Waals surface area contributed by atoms with Gasteiger partial charge in [0.25, 0.3) is 0 Å². The van der Waals surface area contributed by atoms with Gasteiger partial charge in [-0.3, -0.25) is 4.68 Å². The molecule has 0 radical (unpaired) electrons. The number of carbonyl (C=O) groups is 1. The van der Waals surface area contributed by atoms with Crippen LogP contribution in [0.15, 0.2) is 53.6 Å². The maximum absolute atomic E-state index is 14.5. The molecule has 1 aliphatic carbocycles. The summed E-state index contributed by atoms with van der Waals surface area (Å²) < 4.78 is 27.3. The van der Waals surface area contributed by atoms with E-state index in [0.717, 1.165) is 65.4 Å². The van der Waals surface area contributed by atoms with Crippen LogP contribution in [0.3, 0.4) is 0 Å². The first-order valence-electron chi connectivity index (χ1n) is 12.4. The topological polar surface area (TPSA) is 73.6 Å². The molecule has 0 spiro atoms. The number of ether oxygens (including phenoxy) is 2. The van der Waals surface area contributed by atoms with Crippen LogP contribution in [0.5, 0.6) is 5.75 Å². The van der Waals surface area contributed by atoms with Crippen molar-refractivity contribution in [2.24, 2.45) is 11.8 Å². The predicted molar refractivity (Wildman–Crippen MR) is 140 cm³/mol. The summed E-state index contributed by atoms with van der Waals surface area (Å²) in [5, 5.41) is 14.9. The molecule has 192 valence electrons. The summed E-state index contributed by atoms with van der Waals surface area (Å²) in [6.07, 6.45) is 4.12. The first kappa shape index (κ1) is 26.2. The van der Waals surface area contributed by atoms with Gasteiger partial charge in [0, 0.05) is 23.7 Å². The molecule has 0 bridgehead atoms. The van der Waals surface area contributed by atoms with Crippen molar-refractivity contribution < 1.29 is 23.8 Å². The summed E-state index contributed by atoms with van der Waals surface area (Å²) in [5.74, 6) is 0.949. The number of halogens is 1. The van der Waals surface area contributed by atoms with E-state index >= 15 is 0 Å². The number of hydrogen-bond acceptors (Lipinski definition) is 5. The molecule has 1 saturated carbocycles. The minimum Gasteiger partial charge on any atom is -0.497 e. The number of thioether (sulfide) groups is 1. The van der Waals surface area contributed by atoms with Crippen LogP contribution in [0.1, 0.15) is 32.6 Å². The lowest BCUT2D eigenvalue weighted by atomic mass is 9.82. The third-order valence-electron chi connectivity index (χ3n) is 6.61. The summed E-state index contributed by atoms with van der Waals surface area (Å²) in [4.78, 5) is 10.7. The average molecular weight is 513 g/mol. The van der Waals surface area contributed by atoms with E-state index in [-0.39, 0.29) is 12.4 Å². The van der Waals surface area contributed by atoms with Crippen molar-refractivity contribution in [3.05, 3.63) is 54.3 Å². The summed E-state index contributed by atoms with van der Waals surface area (Å²) >= 11 is 1.72. The van der Waals surface area contributed by atoms with Gasteiger partial charge in [-0.05, 0) is 61.0 Å². The smallest absolute Gasteiger partial charge is 0.329 e. The molecule has 4 rings (SSSR count). The van der Waals surface area contributed by atoms with Crippen molar-refractivity contribution in [1.82, 2.24) is 9.78 Å². The number of rotatable bonds is 11. The number of aromatic nitrogens is 2. The lowest BCUT2D eigenvalue weighted by Gasteiger charge is -2.28. The molecule has 1 aromatic heterocycles. The van der Waals surface area contributed by atoms with E-state index in [9.17, 15) is 9.18 Å². The fraction of sp³-hybridized carbons (Fsp3) is 0.429. The highest BCUT2D eigenvalue weighted by molar-refractivity contribution is 7.99. The molecule has 1 aliphatic rings. The van der Waals surface area contributed by atoms with Gasteiger partial charge in [-0.25, -0.2) is 9.18 Å². The molecule has 0 aliphatic heterocycles. The van der Waals surface area contributed by atoms with Gasteiger partial charge in [0.05, 0.1) is 13.7 Å². The van der Waals surface area contributed by atoms with E-state index in [1.807, 2.05) is 36.4 Å². The zero-order valence-corrected chi connectivity index (χ0v) is 21.6. The monoisotopic (exact) mass is 512 g/mol. The molecule has 2 aromatic carbocycles. The first-order chi connectivity index (χ1) is 17.5. The number of hydrogen-bond donors (Lipinski definition) is 1. The van der Waals surface area contributed by atoms with Gasteiger partial charge in [0.1, 0.15) is 28.9 Å². The van der Waals surface area contributed by atoms with Crippen molar-refractivity contribution in [2.45, 2.75) is 44.2 Å². The largest absolute Gasteiger partial charge is 0.497 e. The zero-order chi connectivity index (χ0) is 25.5. The van der Waals surface area contributed by atoms with Crippen molar-refractivity contribution in [1.29, 1.82) is 0 Å². The molecular weight excluding hydrogens is 479 g/mol. The minimum absolute atomic E-state index is 0.235. The van der Waals surface area contributed by atoms with E-state index in [2.05, 4.69) is 11.6 Å². The van der Waals surface area contributed by atoms with Crippen molar-refractivity contribution in [3.8, 4) is 28.1 Å². The van der Waals surface area contributed by atoms with Crippen molar-refractivity contribution in [2.75, 3.05) is 26.1 Å². The Labute approximate surface area is 215 Å². The Morgan fingerprint density at radius 1 is 1.11 bits per heavy atom. The normalized spacial score (nSPS) is 17.8. The molecule has 0 unspecified atom stereocenters. The maximum atomic E-state index is 14.5. The molecular formula is C28H33FN2O4S. The SMILES string of the molecule is CCSc1c(-c2cc(F)cc(OC)c2)c(-c2ccccc2)nn1CC1CCC(COCC(=O)O)CC1. The highest BCUT2D eigenvalue weighted by Gasteiger charge is 2.26. The Morgan fingerprint density at radius 3 is 2.50 bits per heavy atom. The van der Waals surface area contributed by atoms with E-state index in [1.165, 1.54) is 6.07 Å². The molecule has 0 saturated heterocycles. The second-order valence-electron chi connectivity index (χ2n) is 9.19. The fourth-order valence-corrected chi connectivity index (χ4v) is 5.77. The molecule has 0 amide bonds. The minimum atomic E-state index is -0.927. The second-order valence-corrected chi connectivity index (χ2v) is 10.4. The van der Waals surface area contributed by atoms with Crippen molar-refractivity contribution in [3.63, 3.8) is 0 Å². The highest BCUT2D eigenvalue weighted by atomic mass is 32.2. The van der Waals surface area contributed by atoms with Crippen LogP contribution in [-0.2, 0) is 16.1 Å². The number of carboxylic acid groups (broad SMARTS) is 1. The molecule has 1 fully saturated rings. The molecule has 6 nitrogen and oxygen atoms in total. The Bertz CT molecular complexity index is 1160. The van der Waals surface area contributed by atoms with Gasteiger partial charge in [-0.1, -0.05) is 37.3 Å². The number of aliphatic carboxylic acids is 1. The Balaban J connectivity index is 1.63. The van der Waals surface area contributed by atoms with E-state index in [4.69, 9.17) is 19.7 Å². The van der Waals surface area contributed by atoms with Gasteiger partial charge in [0.2, 0.25) is 0 Å². The fourth-order valence-electron chi connectivity index (χ4n) is 4.87. The Kier molecular flexibility index (Phi) is 9.04.